The number of pyridine rings is 1. The summed E-state index contributed by atoms with van der Waals surface area (Å²) in [6.45, 7) is 6.93. The molecule has 0 aliphatic heterocycles. The molecule has 1 aromatic carbocycles. The zero-order valence-corrected chi connectivity index (χ0v) is 16.2. The number of fused-ring (bicyclic) bond motifs is 1. The zero-order valence-electron chi connectivity index (χ0n) is 15.4. The van der Waals surface area contributed by atoms with Crippen LogP contribution in [0.25, 0.3) is 10.9 Å². The first-order valence-electron chi connectivity index (χ1n) is 8.13. The Bertz CT molecular complexity index is 1070. The minimum atomic E-state index is -3.60. The number of sulfone groups is 1. The smallest absolute Gasteiger partial charge is 0.186 e. The van der Waals surface area contributed by atoms with Crippen LogP contribution in [-0.4, -0.2) is 35.5 Å². The molecule has 0 aliphatic carbocycles. The minimum Gasteiger partial charge on any atom is -0.495 e. The van der Waals surface area contributed by atoms with Crippen LogP contribution in [-0.2, 0) is 9.84 Å². The minimum absolute atomic E-state index is 0.150. The summed E-state index contributed by atoms with van der Waals surface area (Å²) < 4.78 is 30.4. The summed E-state index contributed by atoms with van der Waals surface area (Å²) in [5.41, 5.74) is 2.32. The third-order valence-electron chi connectivity index (χ3n) is 4.21. The van der Waals surface area contributed by atoms with E-state index in [-0.39, 0.29) is 10.6 Å². The second kappa shape index (κ2) is 6.28. The van der Waals surface area contributed by atoms with Crippen LogP contribution < -0.4 is 10.1 Å². The van der Waals surface area contributed by atoms with E-state index in [1.807, 2.05) is 6.92 Å². The maximum Gasteiger partial charge on any atom is 0.186 e. The lowest BCUT2D eigenvalue weighted by molar-refractivity contribution is 0.402. The molecule has 7 nitrogen and oxygen atoms in total. The van der Waals surface area contributed by atoms with Crippen molar-refractivity contribution in [1.29, 1.82) is 0 Å². The number of rotatable bonds is 4. The Balaban J connectivity index is 2.24. The Labute approximate surface area is 152 Å². The summed E-state index contributed by atoms with van der Waals surface area (Å²) in [6.07, 6.45) is 3.37. The number of hydrogen-bond donors (Lipinski definition) is 2. The predicted octanol–water partition coefficient (Wildman–Crippen LogP) is 3.59. The molecule has 3 rings (SSSR count). The van der Waals surface area contributed by atoms with E-state index in [0.717, 1.165) is 17.1 Å². The molecule has 0 spiro atoms. The van der Waals surface area contributed by atoms with Gasteiger partial charge in [0.05, 0.1) is 29.3 Å². The molecule has 0 bridgehead atoms. The largest absolute Gasteiger partial charge is 0.495 e. The maximum absolute atomic E-state index is 13.0. The molecule has 0 saturated heterocycles. The first-order chi connectivity index (χ1) is 12.1. The van der Waals surface area contributed by atoms with E-state index < -0.39 is 14.6 Å². The Hall–Kier alpha value is -2.61. The van der Waals surface area contributed by atoms with Crippen molar-refractivity contribution in [3.8, 4) is 5.75 Å². The van der Waals surface area contributed by atoms with Crippen LogP contribution in [0, 0.1) is 6.92 Å². The van der Waals surface area contributed by atoms with E-state index in [4.69, 9.17) is 4.74 Å². The monoisotopic (exact) mass is 374 g/mol. The third kappa shape index (κ3) is 3.01. The number of aromatic amines is 1. The van der Waals surface area contributed by atoms with Crippen molar-refractivity contribution >= 4 is 32.2 Å². The maximum atomic E-state index is 13.0. The van der Waals surface area contributed by atoms with Crippen LogP contribution >= 0.6 is 0 Å². The third-order valence-corrected chi connectivity index (χ3v) is 6.72. The highest BCUT2D eigenvalue weighted by atomic mass is 32.2. The molecule has 0 unspecified atom stereocenters. The number of aryl methyl sites for hydroxylation is 1. The SMILES string of the molecule is COc1cc2nccc(Nc3[nH]ncc3C)c2cc1S(=O)(=O)C(C)(C)C. The van der Waals surface area contributed by atoms with E-state index in [9.17, 15) is 8.42 Å². The lowest BCUT2D eigenvalue weighted by Crippen LogP contribution is -2.28. The van der Waals surface area contributed by atoms with Crippen molar-refractivity contribution in [2.45, 2.75) is 37.3 Å². The normalized spacial score (nSPS) is 12.3. The summed E-state index contributed by atoms with van der Waals surface area (Å²) in [6, 6.07) is 5.07. The highest BCUT2D eigenvalue weighted by Crippen LogP contribution is 2.37. The van der Waals surface area contributed by atoms with Crippen LogP contribution in [0.3, 0.4) is 0 Å². The second-order valence-corrected chi connectivity index (χ2v) is 9.72. The topological polar surface area (TPSA) is 97.0 Å². The summed E-state index contributed by atoms with van der Waals surface area (Å²) in [4.78, 5) is 4.50. The number of aromatic nitrogens is 3. The van der Waals surface area contributed by atoms with Crippen molar-refractivity contribution in [3.63, 3.8) is 0 Å². The van der Waals surface area contributed by atoms with E-state index in [1.54, 1.807) is 51.4 Å². The molecule has 0 saturated carbocycles. The van der Waals surface area contributed by atoms with Crippen LogP contribution in [0.1, 0.15) is 26.3 Å². The molecule has 138 valence electrons. The quantitative estimate of drug-likeness (QED) is 0.724. The van der Waals surface area contributed by atoms with Crippen LogP contribution in [0.15, 0.2) is 35.5 Å². The lowest BCUT2D eigenvalue weighted by atomic mass is 10.1. The Morgan fingerprint density at radius 2 is 1.96 bits per heavy atom. The standard InChI is InChI=1S/C18H22N4O3S/c1-11-10-20-22-17(11)21-13-6-7-19-14-9-15(25-5)16(8-12(13)14)26(23,24)18(2,3)4/h6-10H,1-5H3,(H2,19,20,21,22). The van der Waals surface area contributed by atoms with Gasteiger partial charge in [0.15, 0.2) is 9.84 Å². The first-order valence-corrected chi connectivity index (χ1v) is 9.62. The van der Waals surface area contributed by atoms with Crippen molar-refractivity contribution in [1.82, 2.24) is 15.2 Å². The van der Waals surface area contributed by atoms with E-state index >= 15 is 0 Å². The average Bonchev–Trinajstić information content (AvgIpc) is 2.97. The molecule has 2 heterocycles. The van der Waals surface area contributed by atoms with E-state index in [1.165, 1.54) is 7.11 Å². The van der Waals surface area contributed by atoms with Crippen molar-refractivity contribution in [2.75, 3.05) is 12.4 Å². The van der Waals surface area contributed by atoms with Gasteiger partial charge in [-0.3, -0.25) is 10.1 Å². The molecule has 0 radical (unpaired) electrons. The molecular formula is C18H22N4O3S. The number of hydrogen-bond acceptors (Lipinski definition) is 6. The fraction of sp³-hybridized carbons (Fsp3) is 0.333. The summed E-state index contributed by atoms with van der Waals surface area (Å²) in [5, 5.41) is 10.8. The first kappa shape index (κ1) is 18.2. The van der Waals surface area contributed by atoms with Gasteiger partial charge in [-0.2, -0.15) is 5.10 Å². The van der Waals surface area contributed by atoms with Gasteiger partial charge >= 0.3 is 0 Å². The van der Waals surface area contributed by atoms with E-state index in [2.05, 4.69) is 20.5 Å². The molecule has 0 atom stereocenters. The molecule has 26 heavy (non-hydrogen) atoms. The molecule has 2 aromatic heterocycles. The zero-order chi connectivity index (χ0) is 19.1. The van der Waals surface area contributed by atoms with Gasteiger partial charge in [0, 0.05) is 23.2 Å². The van der Waals surface area contributed by atoms with Gasteiger partial charge in [0.2, 0.25) is 0 Å². The number of benzene rings is 1. The predicted molar refractivity (Wildman–Crippen MR) is 102 cm³/mol. The van der Waals surface area contributed by atoms with Gasteiger partial charge in [0.25, 0.3) is 0 Å². The second-order valence-electron chi connectivity index (χ2n) is 7.05. The molecule has 3 aromatic rings. The van der Waals surface area contributed by atoms with Crippen molar-refractivity contribution in [3.05, 3.63) is 36.2 Å². The van der Waals surface area contributed by atoms with E-state index in [0.29, 0.717) is 10.9 Å². The Kier molecular flexibility index (Phi) is 4.39. The molecular weight excluding hydrogens is 352 g/mol. The van der Waals surface area contributed by atoms with Crippen molar-refractivity contribution < 1.29 is 13.2 Å². The van der Waals surface area contributed by atoms with Gasteiger partial charge in [0.1, 0.15) is 16.5 Å². The number of ether oxygens (including phenoxy) is 1. The molecule has 2 N–H and O–H groups in total. The summed E-state index contributed by atoms with van der Waals surface area (Å²) in [5.74, 6) is 1.03. The Morgan fingerprint density at radius 1 is 1.23 bits per heavy atom. The summed E-state index contributed by atoms with van der Waals surface area (Å²) >= 11 is 0. The van der Waals surface area contributed by atoms with Crippen molar-refractivity contribution in [2.24, 2.45) is 0 Å². The fourth-order valence-electron chi connectivity index (χ4n) is 2.57. The highest BCUT2D eigenvalue weighted by Gasteiger charge is 2.34. The molecule has 0 fully saturated rings. The van der Waals surface area contributed by atoms with Crippen LogP contribution in [0.4, 0.5) is 11.5 Å². The Morgan fingerprint density at radius 3 is 2.54 bits per heavy atom. The summed E-state index contributed by atoms with van der Waals surface area (Å²) in [7, 11) is -2.14. The molecule has 0 amide bonds. The van der Waals surface area contributed by atoms with Crippen LogP contribution in [0.5, 0.6) is 5.75 Å². The number of methoxy groups -OCH3 is 1. The number of anilines is 2. The number of nitrogens with zero attached hydrogens (tertiary/aromatic N) is 2. The van der Waals surface area contributed by atoms with Gasteiger partial charge in [-0.05, 0) is 39.8 Å². The fourth-order valence-corrected chi connectivity index (χ4v) is 3.91. The average molecular weight is 374 g/mol. The van der Waals surface area contributed by atoms with Gasteiger partial charge < -0.3 is 10.1 Å². The van der Waals surface area contributed by atoms with Gasteiger partial charge in [-0.15, -0.1) is 0 Å². The highest BCUT2D eigenvalue weighted by molar-refractivity contribution is 7.92. The lowest BCUT2D eigenvalue weighted by Gasteiger charge is -2.21. The number of H-pyrrole nitrogens is 1. The molecule has 0 aliphatic rings. The van der Waals surface area contributed by atoms with Gasteiger partial charge in [-0.25, -0.2) is 8.42 Å². The van der Waals surface area contributed by atoms with Gasteiger partial charge in [-0.1, -0.05) is 0 Å². The van der Waals surface area contributed by atoms with Crippen LogP contribution in [0.2, 0.25) is 0 Å². The molecule has 8 heteroatoms. The number of nitrogens with one attached hydrogen (secondary N) is 2.